The van der Waals surface area contributed by atoms with Gasteiger partial charge < -0.3 is 5.73 Å². The van der Waals surface area contributed by atoms with Crippen molar-refractivity contribution in [2.45, 2.75) is 24.8 Å². The molecule has 1 nitrogen and oxygen atoms in total. The fraction of sp³-hybridized carbons (Fsp3) is 0.250. The van der Waals surface area contributed by atoms with Crippen LogP contribution in [0.3, 0.4) is 0 Å². The molecule has 98 valence electrons. The van der Waals surface area contributed by atoms with Crippen molar-refractivity contribution in [3.05, 3.63) is 70.8 Å². The number of halogens is 2. The van der Waals surface area contributed by atoms with Crippen LogP contribution in [-0.2, 0) is 12.8 Å². The summed E-state index contributed by atoms with van der Waals surface area (Å²) in [5.41, 5.74) is 9.06. The molecule has 0 spiro atoms. The highest BCUT2D eigenvalue weighted by molar-refractivity contribution is 5.41. The second-order valence-electron chi connectivity index (χ2n) is 5.11. The number of rotatable bonds is 3. The minimum Gasteiger partial charge on any atom is -0.327 e. The van der Waals surface area contributed by atoms with Crippen molar-refractivity contribution in [3.63, 3.8) is 0 Å². The second-order valence-corrected chi connectivity index (χ2v) is 5.11. The molecule has 0 aromatic heterocycles. The van der Waals surface area contributed by atoms with Crippen LogP contribution in [0.15, 0.2) is 42.5 Å². The third-order valence-corrected chi connectivity index (χ3v) is 3.87. The van der Waals surface area contributed by atoms with Crippen molar-refractivity contribution in [2.24, 2.45) is 5.73 Å². The second kappa shape index (κ2) is 4.74. The molecule has 0 aliphatic heterocycles. The summed E-state index contributed by atoms with van der Waals surface area (Å²) < 4.78 is 26.7. The number of fused-ring (bicyclic) bond motifs is 1. The summed E-state index contributed by atoms with van der Waals surface area (Å²) in [6.45, 7) is 0. The molecule has 1 aliphatic carbocycles. The van der Waals surface area contributed by atoms with Crippen LogP contribution in [0.2, 0.25) is 0 Å². The van der Waals surface area contributed by atoms with Gasteiger partial charge in [0.25, 0.3) is 0 Å². The van der Waals surface area contributed by atoms with E-state index in [-0.39, 0.29) is 17.8 Å². The fourth-order valence-corrected chi connectivity index (χ4v) is 2.78. The zero-order valence-corrected chi connectivity index (χ0v) is 10.4. The molecule has 0 saturated carbocycles. The van der Waals surface area contributed by atoms with Crippen LogP contribution in [0, 0.1) is 11.6 Å². The molecule has 0 bridgehead atoms. The first kappa shape index (κ1) is 12.3. The third kappa shape index (κ3) is 2.26. The average Bonchev–Trinajstić information content (AvgIpc) is 2.35. The molecule has 3 heteroatoms. The van der Waals surface area contributed by atoms with Crippen LogP contribution in [0.5, 0.6) is 0 Å². The zero-order valence-electron chi connectivity index (χ0n) is 10.4. The minimum absolute atomic E-state index is 0.175. The monoisotopic (exact) mass is 259 g/mol. The maximum absolute atomic E-state index is 13.6. The lowest BCUT2D eigenvalue weighted by Crippen LogP contribution is -2.37. The molecule has 3 rings (SSSR count). The molecule has 2 N–H and O–H groups in total. The smallest absolute Gasteiger partial charge is 0.126 e. The Morgan fingerprint density at radius 1 is 1.16 bits per heavy atom. The summed E-state index contributed by atoms with van der Waals surface area (Å²) in [7, 11) is 0. The first-order valence-electron chi connectivity index (χ1n) is 6.42. The average molecular weight is 259 g/mol. The number of nitrogens with two attached hydrogens (primary N) is 1. The summed E-state index contributed by atoms with van der Waals surface area (Å²) >= 11 is 0. The number of hydrogen-bond acceptors (Lipinski definition) is 1. The van der Waals surface area contributed by atoms with Gasteiger partial charge in [-0.15, -0.1) is 0 Å². The highest BCUT2D eigenvalue weighted by atomic mass is 19.1. The lowest BCUT2D eigenvalue weighted by Gasteiger charge is -2.34. The Morgan fingerprint density at radius 2 is 1.95 bits per heavy atom. The number of hydrogen-bond donors (Lipinski definition) is 1. The molecule has 0 amide bonds. The largest absolute Gasteiger partial charge is 0.327 e. The molecule has 1 aliphatic rings. The molecular formula is C16H15F2N. The zero-order chi connectivity index (χ0) is 13.4. The molecule has 2 unspecified atom stereocenters. The van der Waals surface area contributed by atoms with Crippen LogP contribution in [-0.4, -0.2) is 6.04 Å². The van der Waals surface area contributed by atoms with Crippen molar-refractivity contribution < 1.29 is 8.78 Å². The van der Waals surface area contributed by atoms with E-state index in [2.05, 4.69) is 12.1 Å². The summed E-state index contributed by atoms with van der Waals surface area (Å²) in [5, 5.41) is 0. The molecule has 2 atom stereocenters. The summed E-state index contributed by atoms with van der Waals surface area (Å²) in [6.07, 6.45) is 1.29. The van der Waals surface area contributed by atoms with E-state index >= 15 is 0 Å². The van der Waals surface area contributed by atoms with E-state index in [0.717, 1.165) is 18.6 Å². The normalized spacial score (nSPS) is 18.6. The van der Waals surface area contributed by atoms with Gasteiger partial charge in [0.15, 0.2) is 0 Å². The van der Waals surface area contributed by atoms with Crippen LogP contribution in [0.1, 0.15) is 22.6 Å². The summed E-state index contributed by atoms with van der Waals surface area (Å²) in [4.78, 5) is 0. The van der Waals surface area contributed by atoms with Crippen LogP contribution >= 0.6 is 0 Å². The van der Waals surface area contributed by atoms with Gasteiger partial charge in [-0.05, 0) is 47.7 Å². The van der Waals surface area contributed by atoms with Gasteiger partial charge in [-0.1, -0.05) is 24.3 Å². The predicted octanol–water partition coefficient (Wildman–Crippen LogP) is 3.17. The van der Waals surface area contributed by atoms with Crippen molar-refractivity contribution in [1.29, 1.82) is 0 Å². The standard InChI is InChI=1S/C16H15F2N/c17-12-5-6-15(18)11(7-12)9-16(19)14-8-10-3-1-2-4-13(10)14/h1-7,14,16H,8-9,19H2. The fourth-order valence-electron chi connectivity index (χ4n) is 2.78. The van der Waals surface area contributed by atoms with Gasteiger partial charge in [-0.25, -0.2) is 8.78 Å². The molecule has 0 radical (unpaired) electrons. The molecular weight excluding hydrogens is 244 g/mol. The summed E-state index contributed by atoms with van der Waals surface area (Å²) in [6, 6.07) is 11.5. The van der Waals surface area contributed by atoms with E-state index in [0.29, 0.717) is 12.0 Å². The molecule has 2 aromatic carbocycles. The molecule has 0 heterocycles. The van der Waals surface area contributed by atoms with E-state index in [9.17, 15) is 8.78 Å². The highest BCUT2D eigenvalue weighted by Gasteiger charge is 2.30. The third-order valence-electron chi connectivity index (χ3n) is 3.87. The van der Waals surface area contributed by atoms with Gasteiger partial charge in [-0.2, -0.15) is 0 Å². The maximum Gasteiger partial charge on any atom is 0.126 e. The van der Waals surface area contributed by atoms with E-state index in [4.69, 9.17) is 5.73 Å². The Hall–Kier alpha value is -1.74. The Morgan fingerprint density at radius 3 is 2.74 bits per heavy atom. The first-order valence-corrected chi connectivity index (χ1v) is 6.42. The molecule has 2 aromatic rings. The van der Waals surface area contributed by atoms with E-state index in [1.165, 1.54) is 17.2 Å². The lowest BCUT2D eigenvalue weighted by molar-refractivity contribution is 0.470. The summed E-state index contributed by atoms with van der Waals surface area (Å²) in [5.74, 6) is -0.555. The van der Waals surface area contributed by atoms with Gasteiger partial charge in [-0.3, -0.25) is 0 Å². The van der Waals surface area contributed by atoms with Gasteiger partial charge in [0.1, 0.15) is 11.6 Å². The van der Waals surface area contributed by atoms with Crippen molar-refractivity contribution >= 4 is 0 Å². The Labute approximate surface area is 111 Å². The minimum atomic E-state index is -0.419. The molecule has 0 saturated heterocycles. The molecule has 0 fully saturated rings. The topological polar surface area (TPSA) is 26.0 Å². The van der Waals surface area contributed by atoms with E-state index in [1.54, 1.807) is 0 Å². The maximum atomic E-state index is 13.6. The molecule has 19 heavy (non-hydrogen) atoms. The first-order chi connectivity index (χ1) is 9.15. The Balaban J connectivity index is 1.76. The van der Waals surface area contributed by atoms with Crippen LogP contribution < -0.4 is 5.73 Å². The SMILES string of the molecule is NC(Cc1cc(F)ccc1F)C1Cc2ccccc21. The van der Waals surface area contributed by atoms with Crippen molar-refractivity contribution in [1.82, 2.24) is 0 Å². The highest BCUT2D eigenvalue weighted by Crippen LogP contribution is 2.37. The van der Waals surface area contributed by atoms with Crippen molar-refractivity contribution in [2.75, 3.05) is 0 Å². The Bertz CT molecular complexity index is 609. The van der Waals surface area contributed by atoms with E-state index < -0.39 is 5.82 Å². The van der Waals surface area contributed by atoms with Crippen LogP contribution in [0.4, 0.5) is 8.78 Å². The van der Waals surface area contributed by atoms with Crippen molar-refractivity contribution in [3.8, 4) is 0 Å². The van der Waals surface area contributed by atoms with Gasteiger partial charge in [0.2, 0.25) is 0 Å². The van der Waals surface area contributed by atoms with Gasteiger partial charge in [0, 0.05) is 12.0 Å². The van der Waals surface area contributed by atoms with Gasteiger partial charge >= 0.3 is 0 Å². The number of benzene rings is 2. The quantitative estimate of drug-likeness (QED) is 0.900. The lowest BCUT2D eigenvalue weighted by atomic mass is 9.72. The van der Waals surface area contributed by atoms with E-state index in [1.807, 2.05) is 12.1 Å². The predicted molar refractivity (Wildman–Crippen MR) is 70.9 cm³/mol. The Kier molecular flexibility index (Phi) is 3.07. The van der Waals surface area contributed by atoms with Crippen LogP contribution in [0.25, 0.3) is 0 Å². The van der Waals surface area contributed by atoms with Gasteiger partial charge in [0.05, 0.1) is 0 Å².